The molecule has 0 bridgehead atoms. The smallest absolute Gasteiger partial charge is 0.273 e. The van der Waals surface area contributed by atoms with E-state index in [0.717, 1.165) is 4.90 Å². The zero-order valence-electron chi connectivity index (χ0n) is 27.8. The van der Waals surface area contributed by atoms with E-state index in [1.54, 1.807) is 36.4 Å². The summed E-state index contributed by atoms with van der Waals surface area (Å²) < 4.78 is 17.9. The number of fused-ring (bicyclic) bond motifs is 2. The second kappa shape index (κ2) is 16.1. The van der Waals surface area contributed by atoms with Crippen LogP contribution in [-0.2, 0) is 23.9 Å². The maximum atomic E-state index is 13.2. The molecular weight excluding hydrogens is 676 g/mol. The fraction of sp³-hybridized carbons (Fsp3) is 0.314. The summed E-state index contributed by atoms with van der Waals surface area (Å²) in [6.07, 6.45) is 1.71. The van der Waals surface area contributed by atoms with Gasteiger partial charge in [0.1, 0.15) is 30.0 Å². The average molecular weight is 711 g/mol. The molecular formula is C35H34N8O9. The lowest BCUT2D eigenvalue weighted by atomic mass is 10.0. The van der Waals surface area contributed by atoms with E-state index in [4.69, 9.17) is 14.2 Å². The predicted octanol–water partition coefficient (Wildman–Crippen LogP) is 0.993. The number of hydrogen-bond donors (Lipinski definition) is 4. The quantitative estimate of drug-likeness (QED) is 0.0944. The second-order valence-corrected chi connectivity index (χ2v) is 11.7. The number of carbonyl (C=O) groups is 5. The lowest BCUT2D eigenvalue weighted by molar-refractivity contribution is -0.136. The molecule has 17 heteroatoms. The third-order valence-corrected chi connectivity index (χ3v) is 8.34. The molecule has 5 amide bonds. The molecule has 1 atom stereocenters. The summed E-state index contributed by atoms with van der Waals surface area (Å²) in [6, 6.07) is 14.1. The summed E-state index contributed by atoms with van der Waals surface area (Å²) in [5.74, 6) is -1.89. The van der Waals surface area contributed by atoms with Gasteiger partial charge < -0.3 is 24.8 Å². The first-order chi connectivity index (χ1) is 25.2. The SMILES string of the molecule is N#Cc1c[nH]n2c(=O)cc(-c3ccc(OCCNC(=O)CCOCCOCCNc4cccc5c4C(=O)N(C4CCC(=O)NC4=O)C5=O)cc3)nc12. The van der Waals surface area contributed by atoms with Gasteiger partial charge in [0.2, 0.25) is 17.7 Å². The van der Waals surface area contributed by atoms with Gasteiger partial charge in [-0.25, -0.2) is 9.50 Å². The second-order valence-electron chi connectivity index (χ2n) is 11.7. The van der Waals surface area contributed by atoms with Crippen LogP contribution in [0.25, 0.3) is 16.9 Å². The first kappa shape index (κ1) is 35.4. The number of rotatable bonds is 16. The predicted molar refractivity (Wildman–Crippen MR) is 182 cm³/mol. The molecule has 0 spiro atoms. The van der Waals surface area contributed by atoms with Crippen LogP contribution in [0.3, 0.4) is 0 Å². The van der Waals surface area contributed by atoms with E-state index in [9.17, 15) is 34.0 Å². The largest absolute Gasteiger partial charge is 0.492 e. The van der Waals surface area contributed by atoms with E-state index < -0.39 is 29.7 Å². The number of carbonyl (C=O) groups excluding carboxylic acids is 5. The van der Waals surface area contributed by atoms with Crippen LogP contribution in [0.2, 0.25) is 0 Å². The van der Waals surface area contributed by atoms with Gasteiger partial charge in [0.15, 0.2) is 5.65 Å². The Morgan fingerprint density at radius 1 is 0.962 bits per heavy atom. The summed E-state index contributed by atoms with van der Waals surface area (Å²) in [5, 5.41) is 20.0. The molecule has 6 rings (SSSR count). The average Bonchev–Trinajstić information content (AvgIpc) is 3.68. The van der Waals surface area contributed by atoms with Crippen molar-refractivity contribution in [1.29, 1.82) is 5.26 Å². The van der Waals surface area contributed by atoms with Gasteiger partial charge in [-0.15, -0.1) is 0 Å². The summed E-state index contributed by atoms with van der Waals surface area (Å²) in [6.45, 7) is 1.88. The van der Waals surface area contributed by atoms with Crippen molar-refractivity contribution in [3.63, 3.8) is 0 Å². The molecule has 17 nitrogen and oxygen atoms in total. The Morgan fingerprint density at radius 2 is 1.75 bits per heavy atom. The Kier molecular flexibility index (Phi) is 11.0. The van der Waals surface area contributed by atoms with E-state index in [0.29, 0.717) is 29.2 Å². The number of piperidine rings is 1. The molecule has 4 N–H and O–H groups in total. The summed E-state index contributed by atoms with van der Waals surface area (Å²) in [4.78, 5) is 79.8. The Morgan fingerprint density at radius 3 is 2.52 bits per heavy atom. The molecule has 1 unspecified atom stereocenters. The van der Waals surface area contributed by atoms with Gasteiger partial charge >= 0.3 is 0 Å². The van der Waals surface area contributed by atoms with Crippen LogP contribution in [-0.4, -0.2) is 101 Å². The lowest BCUT2D eigenvalue weighted by Gasteiger charge is -2.27. The fourth-order valence-electron chi connectivity index (χ4n) is 5.79. The van der Waals surface area contributed by atoms with Crippen molar-refractivity contribution in [2.75, 3.05) is 51.4 Å². The molecule has 0 aliphatic carbocycles. The van der Waals surface area contributed by atoms with Crippen molar-refractivity contribution in [3.05, 3.63) is 81.8 Å². The molecule has 2 aliphatic rings. The van der Waals surface area contributed by atoms with E-state index in [1.165, 1.54) is 22.8 Å². The number of H-pyrrole nitrogens is 1. The van der Waals surface area contributed by atoms with Crippen molar-refractivity contribution < 1.29 is 38.2 Å². The van der Waals surface area contributed by atoms with Crippen LogP contribution in [0.15, 0.2) is 59.5 Å². The Balaban J connectivity index is 0.826. The molecule has 2 aromatic carbocycles. The van der Waals surface area contributed by atoms with E-state index >= 15 is 0 Å². The summed E-state index contributed by atoms with van der Waals surface area (Å²) in [7, 11) is 0. The molecule has 4 heterocycles. The number of aromatic nitrogens is 3. The highest BCUT2D eigenvalue weighted by molar-refractivity contribution is 6.25. The van der Waals surface area contributed by atoms with Gasteiger partial charge in [0.05, 0.1) is 49.8 Å². The maximum absolute atomic E-state index is 13.2. The highest BCUT2D eigenvalue weighted by Gasteiger charge is 2.45. The highest BCUT2D eigenvalue weighted by Crippen LogP contribution is 2.32. The van der Waals surface area contributed by atoms with E-state index in [-0.39, 0.29) is 92.6 Å². The van der Waals surface area contributed by atoms with E-state index in [1.807, 2.05) is 6.07 Å². The number of benzene rings is 2. The van der Waals surface area contributed by atoms with Crippen molar-refractivity contribution in [2.45, 2.75) is 25.3 Å². The van der Waals surface area contributed by atoms with Crippen LogP contribution in [0.5, 0.6) is 5.75 Å². The van der Waals surface area contributed by atoms with Gasteiger partial charge in [0, 0.05) is 42.9 Å². The molecule has 1 fully saturated rings. The van der Waals surface area contributed by atoms with Crippen molar-refractivity contribution >= 4 is 40.9 Å². The zero-order valence-corrected chi connectivity index (χ0v) is 27.8. The van der Waals surface area contributed by atoms with Crippen molar-refractivity contribution in [3.8, 4) is 23.1 Å². The molecule has 52 heavy (non-hydrogen) atoms. The number of amides is 5. The Hall–Kier alpha value is -6.38. The van der Waals surface area contributed by atoms with Crippen LogP contribution in [0.1, 0.15) is 45.5 Å². The first-order valence-corrected chi connectivity index (χ1v) is 16.5. The summed E-state index contributed by atoms with van der Waals surface area (Å²) in [5.41, 5.74) is 2.10. The van der Waals surface area contributed by atoms with Gasteiger partial charge in [0.25, 0.3) is 17.4 Å². The fourth-order valence-corrected chi connectivity index (χ4v) is 5.79. The number of ether oxygens (including phenoxy) is 3. The van der Waals surface area contributed by atoms with Gasteiger partial charge in [-0.05, 0) is 42.8 Å². The number of nitrogens with one attached hydrogen (secondary N) is 4. The monoisotopic (exact) mass is 710 g/mol. The minimum Gasteiger partial charge on any atom is -0.492 e. The molecule has 268 valence electrons. The number of imide groups is 2. The zero-order chi connectivity index (χ0) is 36.6. The maximum Gasteiger partial charge on any atom is 0.273 e. The van der Waals surface area contributed by atoms with Crippen LogP contribution in [0.4, 0.5) is 5.69 Å². The Bertz CT molecular complexity index is 2120. The summed E-state index contributed by atoms with van der Waals surface area (Å²) >= 11 is 0. The van der Waals surface area contributed by atoms with Crippen LogP contribution >= 0.6 is 0 Å². The third-order valence-electron chi connectivity index (χ3n) is 8.34. The minimum atomic E-state index is -1.04. The van der Waals surface area contributed by atoms with Gasteiger partial charge in [-0.1, -0.05) is 6.07 Å². The number of anilines is 1. The number of hydrogen-bond acceptors (Lipinski definition) is 12. The topological polar surface area (TPSA) is 226 Å². The molecule has 1 saturated heterocycles. The third kappa shape index (κ3) is 7.83. The lowest BCUT2D eigenvalue weighted by Crippen LogP contribution is -2.54. The van der Waals surface area contributed by atoms with Gasteiger partial charge in [-0.2, -0.15) is 5.26 Å². The number of nitrogens with zero attached hydrogens (tertiary/aromatic N) is 4. The molecule has 4 aromatic rings. The van der Waals surface area contributed by atoms with Crippen molar-refractivity contribution in [1.82, 2.24) is 30.1 Å². The number of aromatic amines is 1. The van der Waals surface area contributed by atoms with Crippen molar-refractivity contribution in [2.24, 2.45) is 0 Å². The molecule has 2 aliphatic heterocycles. The first-order valence-electron chi connectivity index (χ1n) is 16.5. The van der Waals surface area contributed by atoms with Gasteiger partial charge in [-0.3, -0.25) is 44.1 Å². The highest BCUT2D eigenvalue weighted by atomic mass is 16.5. The molecule has 0 radical (unpaired) electrons. The van der Waals surface area contributed by atoms with Crippen LogP contribution < -0.4 is 26.2 Å². The molecule has 0 saturated carbocycles. The standard InChI is InChI=1S/C35H34N8O9/c36-19-22-20-39-43-30(46)18-26(40-32(22)43)21-4-6-23(7-5-21)52-15-12-38-28(44)10-13-50-16-17-51-14-11-37-25-3-1-2-24-31(25)35(49)42(34(24)48)27-8-9-29(45)41-33(27)47/h1-7,18,20,27,37,39H,8-17H2,(H,38,44)(H,41,45,47). The Labute approximate surface area is 295 Å². The normalized spacial score (nSPS) is 15.4. The van der Waals surface area contributed by atoms with E-state index in [2.05, 4.69) is 26.0 Å². The van der Waals surface area contributed by atoms with Crippen LogP contribution in [0, 0.1) is 11.3 Å². The molecule has 2 aromatic heterocycles. The minimum absolute atomic E-state index is 0.0456. The number of nitriles is 1.